The number of aryl methyl sites for hydroxylation is 1. The summed E-state index contributed by atoms with van der Waals surface area (Å²) in [5.41, 5.74) is 1.92. The highest BCUT2D eigenvalue weighted by Gasteiger charge is 2.11. The Balaban J connectivity index is 2.24. The largest absolute Gasteiger partial charge is 0.393 e. The van der Waals surface area contributed by atoms with Crippen molar-refractivity contribution >= 4 is 16.9 Å². The van der Waals surface area contributed by atoms with Crippen LogP contribution in [0.1, 0.15) is 20.3 Å². The van der Waals surface area contributed by atoms with Gasteiger partial charge in [-0.25, -0.2) is 9.97 Å². The van der Waals surface area contributed by atoms with Gasteiger partial charge in [-0.3, -0.25) is 0 Å². The standard InChI is InChI=1S/C12H18N4O/c1-8(6-9(2)17)15-12-11-10(4-5-13-12)16(3)7-14-11/h4-5,7-9,17H,6H2,1-3H3,(H,13,15). The summed E-state index contributed by atoms with van der Waals surface area (Å²) >= 11 is 0. The smallest absolute Gasteiger partial charge is 0.154 e. The second kappa shape index (κ2) is 4.71. The summed E-state index contributed by atoms with van der Waals surface area (Å²) < 4.78 is 1.96. The first kappa shape index (κ1) is 11.9. The second-order valence-corrected chi connectivity index (χ2v) is 4.51. The lowest BCUT2D eigenvalue weighted by Gasteiger charge is -2.16. The van der Waals surface area contributed by atoms with E-state index in [9.17, 15) is 5.11 Å². The predicted octanol–water partition coefficient (Wildman–Crippen LogP) is 1.54. The summed E-state index contributed by atoms with van der Waals surface area (Å²) in [6, 6.07) is 2.10. The van der Waals surface area contributed by atoms with E-state index in [1.165, 1.54) is 0 Å². The van der Waals surface area contributed by atoms with Gasteiger partial charge in [-0.05, 0) is 26.3 Å². The van der Waals surface area contributed by atoms with Crippen molar-refractivity contribution in [2.24, 2.45) is 7.05 Å². The fraction of sp³-hybridized carbons (Fsp3) is 0.500. The van der Waals surface area contributed by atoms with E-state index in [1.807, 2.05) is 24.6 Å². The minimum Gasteiger partial charge on any atom is -0.393 e. The predicted molar refractivity (Wildman–Crippen MR) is 67.9 cm³/mol. The van der Waals surface area contributed by atoms with Crippen LogP contribution < -0.4 is 5.32 Å². The molecule has 0 aromatic carbocycles. The molecule has 5 heteroatoms. The second-order valence-electron chi connectivity index (χ2n) is 4.51. The Labute approximate surface area is 101 Å². The van der Waals surface area contributed by atoms with Gasteiger partial charge in [0.15, 0.2) is 5.82 Å². The van der Waals surface area contributed by atoms with Crippen LogP contribution in [0.3, 0.4) is 0 Å². The summed E-state index contributed by atoms with van der Waals surface area (Å²) in [7, 11) is 1.96. The summed E-state index contributed by atoms with van der Waals surface area (Å²) in [5.74, 6) is 0.774. The monoisotopic (exact) mass is 234 g/mol. The minimum atomic E-state index is -0.319. The molecular weight excluding hydrogens is 216 g/mol. The first-order valence-corrected chi connectivity index (χ1v) is 5.78. The number of aliphatic hydroxyl groups excluding tert-OH is 1. The Hall–Kier alpha value is -1.62. The molecule has 2 heterocycles. The van der Waals surface area contributed by atoms with Gasteiger partial charge in [-0.1, -0.05) is 0 Å². The van der Waals surface area contributed by atoms with Gasteiger partial charge >= 0.3 is 0 Å². The SMILES string of the molecule is CC(O)CC(C)Nc1nccc2c1ncn2C. The van der Waals surface area contributed by atoms with Crippen LogP contribution in [0.4, 0.5) is 5.82 Å². The fourth-order valence-electron chi connectivity index (χ4n) is 1.97. The molecule has 0 amide bonds. The Morgan fingerprint density at radius 1 is 1.41 bits per heavy atom. The summed E-state index contributed by atoms with van der Waals surface area (Å²) in [5, 5.41) is 12.6. The molecule has 0 aliphatic heterocycles. The normalized spacial score (nSPS) is 14.8. The van der Waals surface area contributed by atoms with E-state index in [4.69, 9.17) is 0 Å². The van der Waals surface area contributed by atoms with Crippen LogP contribution in [-0.4, -0.2) is 31.8 Å². The molecule has 0 aliphatic carbocycles. The van der Waals surface area contributed by atoms with Crippen LogP contribution in [0.25, 0.3) is 11.0 Å². The van der Waals surface area contributed by atoms with Crippen molar-refractivity contribution in [2.75, 3.05) is 5.32 Å². The molecule has 0 saturated heterocycles. The molecule has 5 nitrogen and oxygen atoms in total. The lowest BCUT2D eigenvalue weighted by atomic mass is 10.1. The molecule has 2 atom stereocenters. The maximum Gasteiger partial charge on any atom is 0.154 e. The molecule has 92 valence electrons. The Bertz CT molecular complexity index is 506. The Kier molecular flexibility index (Phi) is 3.28. The van der Waals surface area contributed by atoms with Gasteiger partial charge in [0.25, 0.3) is 0 Å². The maximum absolute atomic E-state index is 9.34. The van der Waals surface area contributed by atoms with Crippen LogP contribution >= 0.6 is 0 Å². The molecule has 2 unspecified atom stereocenters. The van der Waals surface area contributed by atoms with Gasteiger partial charge in [0.05, 0.1) is 17.9 Å². The first-order valence-electron chi connectivity index (χ1n) is 5.78. The number of imidazole rings is 1. The summed E-state index contributed by atoms with van der Waals surface area (Å²) in [6.07, 6.45) is 3.91. The van der Waals surface area contributed by atoms with Crippen molar-refractivity contribution in [3.63, 3.8) is 0 Å². The van der Waals surface area contributed by atoms with Gasteiger partial charge < -0.3 is 15.0 Å². The number of anilines is 1. The number of hydrogen-bond acceptors (Lipinski definition) is 4. The van der Waals surface area contributed by atoms with Gasteiger partial charge in [0.2, 0.25) is 0 Å². The number of aliphatic hydroxyl groups is 1. The quantitative estimate of drug-likeness (QED) is 0.842. The number of nitrogens with one attached hydrogen (secondary N) is 1. The van der Waals surface area contributed by atoms with Crippen molar-refractivity contribution in [2.45, 2.75) is 32.4 Å². The van der Waals surface area contributed by atoms with E-state index in [0.29, 0.717) is 6.42 Å². The number of rotatable bonds is 4. The van der Waals surface area contributed by atoms with Crippen LogP contribution in [0.2, 0.25) is 0 Å². The average Bonchev–Trinajstić information content (AvgIpc) is 2.61. The molecule has 0 spiro atoms. The van der Waals surface area contributed by atoms with Gasteiger partial charge in [-0.15, -0.1) is 0 Å². The fourth-order valence-corrected chi connectivity index (χ4v) is 1.97. The van der Waals surface area contributed by atoms with Crippen LogP contribution in [0.15, 0.2) is 18.6 Å². The highest BCUT2D eigenvalue weighted by molar-refractivity contribution is 5.85. The van der Waals surface area contributed by atoms with Crippen molar-refractivity contribution in [1.29, 1.82) is 0 Å². The van der Waals surface area contributed by atoms with Crippen molar-refractivity contribution in [3.8, 4) is 0 Å². The molecule has 0 saturated carbocycles. The van der Waals surface area contributed by atoms with Crippen LogP contribution in [0, 0.1) is 0 Å². The topological polar surface area (TPSA) is 63.0 Å². The maximum atomic E-state index is 9.34. The Morgan fingerprint density at radius 3 is 2.88 bits per heavy atom. The molecule has 2 rings (SSSR count). The van der Waals surface area contributed by atoms with Crippen molar-refractivity contribution < 1.29 is 5.11 Å². The summed E-state index contributed by atoms with van der Waals surface area (Å²) in [4.78, 5) is 8.62. The number of hydrogen-bond donors (Lipinski definition) is 2. The van der Waals surface area contributed by atoms with E-state index in [-0.39, 0.29) is 12.1 Å². The molecule has 0 radical (unpaired) electrons. The zero-order chi connectivity index (χ0) is 12.4. The number of fused-ring (bicyclic) bond motifs is 1. The highest BCUT2D eigenvalue weighted by atomic mass is 16.3. The van der Waals surface area contributed by atoms with Gasteiger partial charge in [-0.2, -0.15) is 0 Å². The highest BCUT2D eigenvalue weighted by Crippen LogP contribution is 2.19. The van der Waals surface area contributed by atoms with Crippen LogP contribution in [-0.2, 0) is 7.05 Å². The lowest BCUT2D eigenvalue weighted by Crippen LogP contribution is -2.21. The third kappa shape index (κ3) is 2.55. The molecule has 2 N–H and O–H groups in total. The Morgan fingerprint density at radius 2 is 2.18 bits per heavy atom. The van der Waals surface area contributed by atoms with Gasteiger partial charge in [0, 0.05) is 19.3 Å². The van der Waals surface area contributed by atoms with Crippen molar-refractivity contribution in [3.05, 3.63) is 18.6 Å². The first-order chi connectivity index (χ1) is 8.08. The third-order valence-corrected chi connectivity index (χ3v) is 2.72. The molecule has 2 aromatic rings. The third-order valence-electron chi connectivity index (χ3n) is 2.72. The van der Waals surface area contributed by atoms with Crippen molar-refractivity contribution in [1.82, 2.24) is 14.5 Å². The van der Waals surface area contributed by atoms with Gasteiger partial charge in [0.1, 0.15) is 5.52 Å². The molecule has 0 aliphatic rings. The molecular formula is C12H18N4O. The van der Waals surface area contributed by atoms with E-state index in [0.717, 1.165) is 16.9 Å². The zero-order valence-electron chi connectivity index (χ0n) is 10.4. The van der Waals surface area contributed by atoms with E-state index >= 15 is 0 Å². The molecule has 0 fully saturated rings. The lowest BCUT2D eigenvalue weighted by molar-refractivity contribution is 0.179. The van der Waals surface area contributed by atoms with E-state index < -0.39 is 0 Å². The molecule has 2 aromatic heterocycles. The van der Waals surface area contributed by atoms with Crippen LogP contribution in [0.5, 0.6) is 0 Å². The number of aromatic nitrogens is 3. The van der Waals surface area contributed by atoms with E-state index in [1.54, 1.807) is 19.4 Å². The minimum absolute atomic E-state index is 0.162. The average molecular weight is 234 g/mol. The zero-order valence-corrected chi connectivity index (χ0v) is 10.4. The molecule has 17 heavy (non-hydrogen) atoms. The number of pyridine rings is 1. The van der Waals surface area contributed by atoms with E-state index in [2.05, 4.69) is 15.3 Å². The number of nitrogens with zero attached hydrogens (tertiary/aromatic N) is 3. The summed E-state index contributed by atoms with van der Waals surface area (Å²) in [6.45, 7) is 3.81. The molecule has 0 bridgehead atoms.